The van der Waals surface area contributed by atoms with Gasteiger partial charge >= 0.3 is 6.08 Å². The maximum absolute atomic E-state index is 5.37. The molecule has 0 N–H and O–H groups in total. The zero-order valence-electron chi connectivity index (χ0n) is 10.9. The van der Waals surface area contributed by atoms with E-state index in [1.807, 2.05) is 13.8 Å². The van der Waals surface area contributed by atoms with Crippen molar-refractivity contribution in [2.45, 2.75) is 27.4 Å². The molecule has 0 radical (unpaired) electrons. The molecule has 0 saturated heterocycles. The normalized spacial score (nSPS) is 10.4. The minimum Gasteiger partial charge on any atom is -0.496 e. The number of rotatable bonds is 4. The SMILES string of the molecule is COc1c(C)cnc(COc2nc(C)no2)c1C. The summed E-state index contributed by atoms with van der Waals surface area (Å²) in [5.41, 5.74) is 2.73. The molecular formula is C12H15N3O3. The van der Waals surface area contributed by atoms with Crippen molar-refractivity contribution in [3.05, 3.63) is 28.8 Å². The standard InChI is InChI=1S/C12H15N3O3/c1-7-5-13-10(8(2)11(7)16-4)6-17-12-14-9(3)15-18-12/h5H,6H2,1-4H3. The van der Waals surface area contributed by atoms with Gasteiger partial charge in [-0.2, -0.15) is 4.98 Å². The Morgan fingerprint density at radius 2 is 2.06 bits per heavy atom. The molecule has 0 spiro atoms. The number of aryl methyl sites for hydroxylation is 2. The second-order valence-corrected chi connectivity index (χ2v) is 3.94. The minimum atomic E-state index is 0.147. The molecule has 0 saturated carbocycles. The molecule has 18 heavy (non-hydrogen) atoms. The van der Waals surface area contributed by atoms with Crippen LogP contribution >= 0.6 is 0 Å². The third kappa shape index (κ3) is 2.42. The van der Waals surface area contributed by atoms with Crippen LogP contribution in [0.1, 0.15) is 22.6 Å². The smallest absolute Gasteiger partial charge is 0.417 e. The largest absolute Gasteiger partial charge is 0.496 e. The monoisotopic (exact) mass is 249 g/mol. The molecule has 2 aromatic rings. The Morgan fingerprint density at radius 1 is 1.28 bits per heavy atom. The molecule has 0 aliphatic rings. The van der Waals surface area contributed by atoms with Crippen LogP contribution in [0.2, 0.25) is 0 Å². The minimum absolute atomic E-state index is 0.147. The highest BCUT2D eigenvalue weighted by Gasteiger charge is 2.11. The first kappa shape index (κ1) is 12.3. The van der Waals surface area contributed by atoms with Gasteiger partial charge in [-0.15, -0.1) is 0 Å². The molecule has 0 amide bonds. The lowest BCUT2D eigenvalue weighted by atomic mass is 10.1. The van der Waals surface area contributed by atoms with Gasteiger partial charge < -0.3 is 9.47 Å². The predicted molar refractivity (Wildman–Crippen MR) is 63.6 cm³/mol. The van der Waals surface area contributed by atoms with E-state index in [-0.39, 0.29) is 12.7 Å². The topological polar surface area (TPSA) is 70.3 Å². The summed E-state index contributed by atoms with van der Waals surface area (Å²) in [5.74, 6) is 1.36. The fraction of sp³-hybridized carbons (Fsp3) is 0.417. The van der Waals surface area contributed by atoms with E-state index in [0.717, 1.165) is 22.6 Å². The van der Waals surface area contributed by atoms with E-state index >= 15 is 0 Å². The maximum atomic E-state index is 5.37. The molecular weight excluding hydrogens is 234 g/mol. The van der Waals surface area contributed by atoms with E-state index in [4.69, 9.17) is 14.0 Å². The highest BCUT2D eigenvalue weighted by molar-refractivity contribution is 5.40. The lowest BCUT2D eigenvalue weighted by Gasteiger charge is -2.11. The highest BCUT2D eigenvalue weighted by atomic mass is 16.6. The molecule has 0 atom stereocenters. The summed E-state index contributed by atoms with van der Waals surface area (Å²) in [6.07, 6.45) is 1.90. The maximum Gasteiger partial charge on any atom is 0.417 e. The van der Waals surface area contributed by atoms with Crippen LogP contribution in [-0.4, -0.2) is 22.2 Å². The van der Waals surface area contributed by atoms with Gasteiger partial charge in [0.2, 0.25) is 0 Å². The molecule has 6 heteroatoms. The second kappa shape index (κ2) is 5.03. The van der Waals surface area contributed by atoms with Gasteiger partial charge in [-0.25, -0.2) is 0 Å². The molecule has 0 aliphatic heterocycles. The number of pyridine rings is 1. The zero-order valence-corrected chi connectivity index (χ0v) is 10.9. The van der Waals surface area contributed by atoms with E-state index in [9.17, 15) is 0 Å². The quantitative estimate of drug-likeness (QED) is 0.825. The molecule has 0 bridgehead atoms. The number of methoxy groups -OCH3 is 1. The Labute approximate surface area is 105 Å². The molecule has 0 fully saturated rings. The predicted octanol–water partition coefficient (Wildman–Crippen LogP) is 1.98. The Balaban J connectivity index is 2.14. The number of nitrogens with zero attached hydrogens (tertiary/aromatic N) is 3. The average molecular weight is 249 g/mol. The van der Waals surface area contributed by atoms with Gasteiger partial charge in [-0.3, -0.25) is 9.51 Å². The van der Waals surface area contributed by atoms with Gasteiger partial charge in [0.15, 0.2) is 5.82 Å². The summed E-state index contributed by atoms with van der Waals surface area (Å²) in [7, 11) is 1.64. The van der Waals surface area contributed by atoms with Crippen LogP contribution in [0.5, 0.6) is 11.8 Å². The molecule has 2 rings (SSSR count). The van der Waals surface area contributed by atoms with Gasteiger partial charge in [-0.1, -0.05) is 5.16 Å². The second-order valence-electron chi connectivity index (χ2n) is 3.94. The highest BCUT2D eigenvalue weighted by Crippen LogP contribution is 2.24. The van der Waals surface area contributed by atoms with Crippen molar-refractivity contribution >= 4 is 0 Å². The summed E-state index contributed by atoms with van der Waals surface area (Å²) < 4.78 is 15.6. The Bertz CT molecular complexity index is 551. The van der Waals surface area contributed by atoms with Gasteiger partial charge in [0.25, 0.3) is 0 Å². The number of hydrogen-bond donors (Lipinski definition) is 0. The van der Waals surface area contributed by atoms with Crippen molar-refractivity contribution in [1.29, 1.82) is 0 Å². The molecule has 0 aliphatic carbocycles. The zero-order chi connectivity index (χ0) is 13.1. The van der Waals surface area contributed by atoms with Gasteiger partial charge in [0, 0.05) is 17.3 Å². The lowest BCUT2D eigenvalue weighted by molar-refractivity contribution is 0.192. The summed E-state index contributed by atoms with van der Waals surface area (Å²) in [6.45, 7) is 5.89. The van der Waals surface area contributed by atoms with E-state index in [2.05, 4.69) is 15.1 Å². The van der Waals surface area contributed by atoms with Crippen molar-refractivity contribution in [2.75, 3.05) is 7.11 Å². The Kier molecular flexibility index (Phi) is 3.45. The van der Waals surface area contributed by atoms with Crippen molar-refractivity contribution < 1.29 is 14.0 Å². The number of hydrogen-bond acceptors (Lipinski definition) is 6. The van der Waals surface area contributed by atoms with E-state index in [1.165, 1.54) is 0 Å². The average Bonchev–Trinajstić information content (AvgIpc) is 2.75. The fourth-order valence-electron chi connectivity index (χ4n) is 1.68. The lowest BCUT2D eigenvalue weighted by Crippen LogP contribution is -2.04. The van der Waals surface area contributed by atoms with E-state index in [0.29, 0.717) is 5.82 Å². The Morgan fingerprint density at radius 3 is 2.67 bits per heavy atom. The van der Waals surface area contributed by atoms with Crippen LogP contribution in [-0.2, 0) is 6.61 Å². The van der Waals surface area contributed by atoms with Crippen LogP contribution in [0.4, 0.5) is 0 Å². The molecule has 2 aromatic heterocycles. The van der Waals surface area contributed by atoms with Crippen molar-refractivity contribution in [3.8, 4) is 11.8 Å². The first-order valence-corrected chi connectivity index (χ1v) is 5.54. The third-order valence-corrected chi connectivity index (χ3v) is 2.59. The fourth-order valence-corrected chi connectivity index (χ4v) is 1.68. The third-order valence-electron chi connectivity index (χ3n) is 2.59. The van der Waals surface area contributed by atoms with Gasteiger partial charge in [0.05, 0.1) is 12.8 Å². The summed E-state index contributed by atoms with van der Waals surface area (Å²) >= 11 is 0. The van der Waals surface area contributed by atoms with Gasteiger partial charge in [0.1, 0.15) is 12.4 Å². The van der Waals surface area contributed by atoms with Crippen LogP contribution < -0.4 is 9.47 Å². The Hall–Kier alpha value is -2.11. The molecule has 0 aromatic carbocycles. The van der Waals surface area contributed by atoms with Crippen molar-refractivity contribution in [3.63, 3.8) is 0 Å². The van der Waals surface area contributed by atoms with E-state index < -0.39 is 0 Å². The van der Waals surface area contributed by atoms with Gasteiger partial charge in [-0.05, 0) is 20.8 Å². The summed E-state index contributed by atoms with van der Waals surface area (Å²) in [4.78, 5) is 8.27. The summed E-state index contributed by atoms with van der Waals surface area (Å²) in [5, 5.41) is 3.64. The number of ether oxygens (including phenoxy) is 2. The van der Waals surface area contributed by atoms with Crippen LogP contribution in [0.3, 0.4) is 0 Å². The molecule has 6 nitrogen and oxygen atoms in total. The van der Waals surface area contributed by atoms with E-state index in [1.54, 1.807) is 20.2 Å². The number of aromatic nitrogens is 3. The summed E-state index contributed by atoms with van der Waals surface area (Å²) in [6, 6.07) is 0. The van der Waals surface area contributed by atoms with Crippen molar-refractivity contribution in [1.82, 2.24) is 15.1 Å². The molecule has 2 heterocycles. The van der Waals surface area contributed by atoms with Crippen LogP contribution in [0.25, 0.3) is 0 Å². The van der Waals surface area contributed by atoms with Crippen LogP contribution in [0.15, 0.2) is 10.7 Å². The molecule has 0 unspecified atom stereocenters. The van der Waals surface area contributed by atoms with Crippen LogP contribution in [0, 0.1) is 20.8 Å². The van der Waals surface area contributed by atoms with Crippen molar-refractivity contribution in [2.24, 2.45) is 0 Å². The first-order chi connectivity index (χ1) is 8.61. The molecule has 96 valence electrons. The first-order valence-electron chi connectivity index (χ1n) is 5.54.